The van der Waals surface area contributed by atoms with Gasteiger partial charge in [-0.1, -0.05) is 33.6 Å². The van der Waals surface area contributed by atoms with E-state index in [0.29, 0.717) is 6.04 Å². The van der Waals surface area contributed by atoms with Crippen LogP contribution in [0, 0.1) is 5.92 Å². The summed E-state index contributed by atoms with van der Waals surface area (Å²) in [6.45, 7) is 4.67. The van der Waals surface area contributed by atoms with Crippen LogP contribution in [0.1, 0.15) is 18.4 Å². The van der Waals surface area contributed by atoms with Crippen LogP contribution >= 0.6 is 27.5 Å². The number of rotatable bonds is 3. The third-order valence-electron chi connectivity index (χ3n) is 4.23. The lowest BCUT2D eigenvalue weighted by Crippen LogP contribution is -2.55. The van der Waals surface area contributed by atoms with Crippen molar-refractivity contribution in [2.24, 2.45) is 5.92 Å². The van der Waals surface area contributed by atoms with Crippen molar-refractivity contribution in [2.45, 2.75) is 25.4 Å². The summed E-state index contributed by atoms with van der Waals surface area (Å²) < 4.78 is 1.04. The third kappa shape index (κ3) is 2.74. The lowest BCUT2D eigenvalue weighted by Gasteiger charge is -2.45. The molecule has 0 spiro atoms. The number of benzene rings is 1. The molecule has 4 heteroatoms. The summed E-state index contributed by atoms with van der Waals surface area (Å²) in [6, 6.07) is 6.77. The van der Waals surface area contributed by atoms with Crippen LogP contribution in [0.2, 0.25) is 5.02 Å². The van der Waals surface area contributed by atoms with Crippen molar-refractivity contribution in [2.75, 3.05) is 19.6 Å². The molecule has 1 aromatic rings. The molecule has 3 saturated heterocycles. The molecule has 1 unspecified atom stereocenters. The lowest BCUT2D eigenvalue weighted by atomic mass is 9.84. The van der Waals surface area contributed by atoms with Crippen LogP contribution in [0.5, 0.6) is 0 Å². The molecule has 0 amide bonds. The van der Waals surface area contributed by atoms with Crippen LogP contribution in [-0.4, -0.2) is 30.6 Å². The minimum Gasteiger partial charge on any atom is -0.308 e. The second kappa shape index (κ2) is 5.49. The quantitative estimate of drug-likeness (QED) is 0.915. The smallest absolute Gasteiger partial charge is 0.0462 e. The Kier molecular flexibility index (Phi) is 3.94. The molecule has 2 nitrogen and oxygen atoms in total. The van der Waals surface area contributed by atoms with Crippen LogP contribution in [0.4, 0.5) is 0 Å². The minimum atomic E-state index is 0.646. The van der Waals surface area contributed by atoms with Crippen molar-refractivity contribution < 1.29 is 0 Å². The fraction of sp³-hybridized carbons (Fsp3) is 0.571. The Morgan fingerprint density at radius 2 is 2.11 bits per heavy atom. The van der Waals surface area contributed by atoms with Crippen LogP contribution in [0.3, 0.4) is 0 Å². The molecule has 3 aliphatic rings. The Hall–Kier alpha value is -0.0900. The Morgan fingerprint density at radius 1 is 1.33 bits per heavy atom. The van der Waals surface area contributed by atoms with Gasteiger partial charge in [0.25, 0.3) is 0 Å². The van der Waals surface area contributed by atoms with E-state index in [9.17, 15) is 0 Å². The maximum atomic E-state index is 6.25. The molecule has 2 bridgehead atoms. The highest BCUT2D eigenvalue weighted by molar-refractivity contribution is 9.10. The van der Waals surface area contributed by atoms with Crippen LogP contribution in [-0.2, 0) is 6.54 Å². The van der Waals surface area contributed by atoms with Crippen molar-refractivity contribution >= 4 is 27.5 Å². The summed E-state index contributed by atoms with van der Waals surface area (Å²) in [4.78, 5) is 2.57. The van der Waals surface area contributed by atoms with Gasteiger partial charge in [0, 0.05) is 28.6 Å². The maximum Gasteiger partial charge on any atom is 0.0462 e. The molecule has 0 aromatic heterocycles. The van der Waals surface area contributed by atoms with Crippen molar-refractivity contribution in [1.82, 2.24) is 10.2 Å². The maximum absolute atomic E-state index is 6.25. The fourth-order valence-electron chi connectivity index (χ4n) is 3.10. The van der Waals surface area contributed by atoms with Gasteiger partial charge in [-0.3, -0.25) is 0 Å². The number of halogens is 2. The van der Waals surface area contributed by atoms with Crippen molar-refractivity contribution in [3.63, 3.8) is 0 Å². The van der Waals surface area contributed by atoms with Gasteiger partial charge in [0.15, 0.2) is 0 Å². The van der Waals surface area contributed by atoms with Crippen LogP contribution < -0.4 is 5.32 Å². The SMILES string of the molecule is Clc1cc(Br)ccc1CNC1CN2CCC1CC2. The van der Waals surface area contributed by atoms with E-state index in [1.807, 2.05) is 6.07 Å². The number of piperidine rings is 3. The minimum absolute atomic E-state index is 0.646. The van der Waals surface area contributed by atoms with E-state index in [4.69, 9.17) is 11.6 Å². The zero-order valence-electron chi connectivity index (χ0n) is 10.3. The van der Waals surface area contributed by atoms with Gasteiger partial charge in [-0.25, -0.2) is 0 Å². The Labute approximate surface area is 122 Å². The van der Waals surface area contributed by atoms with Crippen molar-refractivity contribution in [1.29, 1.82) is 0 Å². The first-order valence-electron chi connectivity index (χ1n) is 6.62. The molecule has 1 atom stereocenters. The molecule has 3 aliphatic heterocycles. The zero-order valence-corrected chi connectivity index (χ0v) is 12.7. The largest absolute Gasteiger partial charge is 0.308 e. The zero-order chi connectivity index (χ0) is 12.5. The van der Waals surface area contributed by atoms with E-state index in [1.54, 1.807) is 0 Å². The van der Waals surface area contributed by atoms with Gasteiger partial charge in [-0.15, -0.1) is 0 Å². The van der Waals surface area contributed by atoms with Crippen molar-refractivity contribution in [3.8, 4) is 0 Å². The second-order valence-electron chi connectivity index (χ2n) is 5.36. The Morgan fingerprint density at radius 3 is 2.72 bits per heavy atom. The van der Waals surface area contributed by atoms with Gasteiger partial charge in [-0.2, -0.15) is 0 Å². The predicted molar refractivity (Wildman–Crippen MR) is 78.9 cm³/mol. The standard InChI is InChI=1S/C14H18BrClN2/c15-12-2-1-11(13(16)7-12)8-17-14-9-18-5-3-10(14)4-6-18/h1-2,7,10,14,17H,3-6,8-9H2. The third-order valence-corrected chi connectivity index (χ3v) is 5.07. The van der Waals surface area contributed by atoms with Gasteiger partial charge in [0.05, 0.1) is 0 Å². The molecule has 3 fully saturated rings. The van der Waals surface area contributed by atoms with Gasteiger partial charge in [0.1, 0.15) is 0 Å². The summed E-state index contributed by atoms with van der Waals surface area (Å²) in [5.41, 5.74) is 1.19. The summed E-state index contributed by atoms with van der Waals surface area (Å²) in [5, 5.41) is 4.53. The first-order chi connectivity index (χ1) is 8.72. The average Bonchev–Trinajstić information content (AvgIpc) is 2.39. The van der Waals surface area contributed by atoms with E-state index in [1.165, 1.54) is 38.0 Å². The highest BCUT2D eigenvalue weighted by atomic mass is 79.9. The van der Waals surface area contributed by atoms with Crippen molar-refractivity contribution in [3.05, 3.63) is 33.3 Å². The first-order valence-corrected chi connectivity index (χ1v) is 7.79. The molecule has 0 radical (unpaired) electrons. The van der Waals surface area contributed by atoms with Gasteiger partial charge in [-0.05, 0) is 49.5 Å². The molecule has 1 N–H and O–H groups in total. The molecule has 3 heterocycles. The van der Waals surface area contributed by atoms with E-state index in [2.05, 4.69) is 38.3 Å². The highest BCUT2D eigenvalue weighted by Gasteiger charge is 2.33. The second-order valence-corrected chi connectivity index (χ2v) is 6.68. The van der Waals surface area contributed by atoms with E-state index < -0.39 is 0 Å². The van der Waals surface area contributed by atoms with Crippen LogP contribution in [0.25, 0.3) is 0 Å². The number of fused-ring (bicyclic) bond motifs is 3. The molecular weight excluding hydrogens is 312 g/mol. The number of hydrogen-bond donors (Lipinski definition) is 1. The molecular formula is C14H18BrClN2. The normalized spacial score (nSPS) is 30.7. The average molecular weight is 330 g/mol. The summed E-state index contributed by atoms with van der Waals surface area (Å²) in [7, 11) is 0. The summed E-state index contributed by atoms with van der Waals surface area (Å²) in [6.07, 6.45) is 2.71. The Balaban J connectivity index is 1.61. The molecule has 1 aromatic carbocycles. The number of nitrogens with zero attached hydrogens (tertiary/aromatic N) is 1. The van der Waals surface area contributed by atoms with E-state index >= 15 is 0 Å². The number of nitrogens with one attached hydrogen (secondary N) is 1. The van der Waals surface area contributed by atoms with E-state index in [0.717, 1.165) is 22.0 Å². The first kappa shape index (κ1) is 12.9. The molecule has 18 heavy (non-hydrogen) atoms. The predicted octanol–water partition coefficient (Wildman–Crippen LogP) is 3.29. The van der Waals surface area contributed by atoms with Crippen LogP contribution in [0.15, 0.2) is 22.7 Å². The molecule has 0 saturated carbocycles. The molecule has 4 rings (SSSR count). The number of hydrogen-bond acceptors (Lipinski definition) is 2. The summed E-state index contributed by atoms with van der Waals surface area (Å²) >= 11 is 9.68. The fourth-order valence-corrected chi connectivity index (χ4v) is 3.84. The van der Waals surface area contributed by atoms with Gasteiger partial charge < -0.3 is 10.2 Å². The van der Waals surface area contributed by atoms with Gasteiger partial charge in [0.2, 0.25) is 0 Å². The lowest BCUT2D eigenvalue weighted by molar-refractivity contribution is 0.0720. The monoisotopic (exact) mass is 328 g/mol. The Bertz CT molecular complexity index is 430. The summed E-state index contributed by atoms with van der Waals surface area (Å²) in [5.74, 6) is 0.865. The molecule has 0 aliphatic carbocycles. The van der Waals surface area contributed by atoms with Gasteiger partial charge >= 0.3 is 0 Å². The topological polar surface area (TPSA) is 15.3 Å². The van der Waals surface area contributed by atoms with E-state index in [-0.39, 0.29) is 0 Å². The highest BCUT2D eigenvalue weighted by Crippen LogP contribution is 2.28. The molecule has 98 valence electrons.